The van der Waals surface area contributed by atoms with Crippen molar-refractivity contribution in [2.75, 3.05) is 0 Å². The van der Waals surface area contributed by atoms with E-state index in [1.54, 1.807) is 0 Å². The van der Waals surface area contributed by atoms with Crippen LogP contribution in [0, 0.1) is 0 Å². The van der Waals surface area contributed by atoms with E-state index in [4.69, 9.17) is 20.3 Å². The maximum absolute atomic E-state index is 9.43. The average Bonchev–Trinajstić information content (AvgIpc) is 2.23. The summed E-state index contributed by atoms with van der Waals surface area (Å²) in [5, 5.41) is 21.6. The highest BCUT2D eigenvalue weighted by molar-refractivity contribution is 8.19. The molecule has 20 heteroatoms. The van der Waals surface area contributed by atoms with Gasteiger partial charge in [-0.3, -0.25) is 9.79 Å². The molecule has 3 unspecified atom stereocenters. The van der Waals surface area contributed by atoms with Gasteiger partial charge >= 0.3 is 15.0 Å². The van der Waals surface area contributed by atoms with Crippen LogP contribution in [0.2, 0.25) is 0 Å². The molecule has 10 N–H and O–H groups in total. The molecule has 0 bridgehead atoms. The fourth-order valence-corrected chi connectivity index (χ4v) is 0.481. The Morgan fingerprint density at radius 3 is 1.70 bits per heavy atom. The first-order chi connectivity index (χ1) is 7.86. The van der Waals surface area contributed by atoms with Crippen molar-refractivity contribution in [3.63, 3.8) is 0 Å². The van der Waals surface area contributed by atoms with Gasteiger partial charge in [0.25, 0.3) is 0 Å². The fraction of sp³-hybridized carbons (Fsp3) is 0. The van der Waals surface area contributed by atoms with E-state index in [-0.39, 0.29) is 16.4 Å². The van der Waals surface area contributed by atoms with Gasteiger partial charge in [0.2, 0.25) is 18.1 Å². The molecule has 0 saturated heterocycles. The molecule has 0 radical (unpaired) electrons. The molecule has 3 atom stereocenters. The molecule has 0 aliphatic carbocycles. The second-order valence-corrected chi connectivity index (χ2v) is 6.46. The first-order valence-corrected chi connectivity index (χ1v) is 7.96. The van der Waals surface area contributed by atoms with Crippen LogP contribution in [0.1, 0.15) is 0 Å². The molecule has 128 valence electrons. The first-order valence-electron chi connectivity index (χ1n) is 2.83. The van der Waals surface area contributed by atoms with Crippen LogP contribution in [0.25, 0.3) is 0 Å². The molecule has 0 aliphatic heterocycles. The smallest absolute Gasteiger partial charge is 0.561 e. The van der Waals surface area contributed by atoms with Gasteiger partial charge < -0.3 is 21.3 Å². The Labute approximate surface area is 113 Å². The van der Waals surface area contributed by atoms with Crippen LogP contribution >= 0.6 is 33.1 Å². The predicted octanol–water partition coefficient (Wildman–Crippen LogP) is -2.50. The van der Waals surface area contributed by atoms with Gasteiger partial charge in [-0.2, -0.15) is 18.7 Å². The van der Waals surface area contributed by atoms with Crippen LogP contribution in [0.15, 0.2) is 0 Å². The van der Waals surface area contributed by atoms with Gasteiger partial charge in [-0.1, -0.05) is 4.57 Å². The number of hydrogen-bond acceptors (Lipinski definition) is 11. The molecule has 0 heterocycles. The van der Waals surface area contributed by atoms with Gasteiger partial charge in [-0.25, -0.2) is 15.1 Å². The van der Waals surface area contributed by atoms with Crippen LogP contribution in [-0.4, -0.2) is 36.7 Å². The Morgan fingerprint density at radius 1 is 1.00 bits per heavy atom. The van der Waals surface area contributed by atoms with E-state index in [1.165, 1.54) is 0 Å². The van der Waals surface area contributed by atoms with E-state index in [9.17, 15) is 14.0 Å². The molecule has 16 nitrogen and oxygen atoms in total. The Morgan fingerprint density at radius 2 is 1.40 bits per heavy atom. The summed E-state index contributed by atoms with van der Waals surface area (Å²) in [5.74, 6) is 0. The summed E-state index contributed by atoms with van der Waals surface area (Å²) in [4.78, 5) is 24.5. The van der Waals surface area contributed by atoms with Crippen LogP contribution in [-0.2, 0) is 37.9 Å². The predicted molar refractivity (Wildman–Crippen MR) is 58.9 cm³/mol. The third-order valence-electron chi connectivity index (χ3n) is 0.458. The van der Waals surface area contributed by atoms with Crippen molar-refractivity contribution in [2.24, 2.45) is 0 Å². The first kappa shape index (κ1) is 32.5. The van der Waals surface area contributed by atoms with Gasteiger partial charge in [-0.05, 0) is 10.1 Å². The van der Waals surface area contributed by atoms with Gasteiger partial charge in [0, 0.05) is 0 Å². The normalized spacial score (nSPS) is 11.2. The van der Waals surface area contributed by atoms with E-state index >= 15 is 0 Å². The Hall–Kier alpha value is 0.630. The van der Waals surface area contributed by atoms with Gasteiger partial charge in [-0.15, -0.1) is 0 Å². The molecule has 0 saturated carbocycles. The van der Waals surface area contributed by atoms with E-state index in [1.807, 2.05) is 0 Å². The molecular weight excluding hydrogens is 380 g/mol. The standard InChI is InChI=1S/H4O8P2.H2O5P2.3H2O/c1-3-5-6-10-8-7-9-4-2;1-6(2)7(3,4)5;;;/h1-2,9-10H;(H2,3,4,5);3*1H2. The van der Waals surface area contributed by atoms with Crippen molar-refractivity contribution in [3.05, 3.63) is 0 Å². The lowest BCUT2D eigenvalue weighted by Gasteiger charge is -1.97. The summed E-state index contributed by atoms with van der Waals surface area (Å²) in [6.07, 6.45) is 0. The maximum Gasteiger partial charge on any atom is 0.561 e. The van der Waals surface area contributed by atoms with Crippen molar-refractivity contribution < 1.29 is 79.5 Å². The molecule has 0 aromatic rings. The van der Waals surface area contributed by atoms with E-state index in [2.05, 4.69) is 28.8 Å². The molecule has 20 heavy (non-hydrogen) atoms. The van der Waals surface area contributed by atoms with Crippen LogP contribution in [0.3, 0.4) is 0 Å². The molecule has 0 amide bonds. The molecule has 0 spiro atoms. The topological polar surface area (TPSA) is 288 Å². The minimum absolute atomic E-state index is 0. The van der Waals surface area contributed by atoms with E-state index in [0.29, 0.717) is 0 Å². The Kier molecular flexibility index (Phi) is 35.7. The molecule has 0 aromatic heterocycles. The average molecular weight is 392 g/mol. The summed E-state index contributed by atoms with van der Waals surface area (Å²) in [5.41, 5.74) is 0. The van der Waals surface area contributed by atoms with Crippen LogP contribution in [0.5, 0.6) is 0 Å². The second kappa shape index (κ2) is 21.9. The lowest BCUT2D eigenvalue weighted by molar-refractivity contribution is -0.594. The lowest BCUT2D eigenvalue weighted by Crippen LogP contribution is -1.84. The van der Waals surface area contributed by atoms with Gasteiger partial charge in [0.1, 0.15) is 0 Å². The highest BCUT2D eigenvalue weighted by Gasteiger charge is 2.30. The summed E-state index contributed by atoms with van der Waals surface area (Å²) < 4.78 is 34.2. The molecule has 0 aliphatic rings. The molecule has 0 aromatic carbocycles. The zero-order valence-corrected chi connectivity index (χ0v) is 12.6. The Bertz CT molecular complexity index is 211. The summed E-state index contributed by atoms with van der Waals surface area (Å²) in [6, 6.07) is 0. The van der Waals surface area contributed by atoms with Crippen molar-refractivity contribution in [3.8, 4) is 0 Å². The number of hydrogen-bond donors (Lipinski definition) is 4. The highest BCUT2D eigenvalue weighted by Crippen LogP contribution is 2.56. The zero-order valence-electron chi connectivity index (χ0n) is 8.86. The molecule has 0 rings (SSSR count). The third-order valence-corrected chi connectivity index (χ3v) is 2.84. The summed E-state index contributed by atoms with van der Waals surface area (Å²) in [6.45, 7) is 0. The van der Waals surface area contributed by atoms with Crippen molar-refractivity contribution in [2.45, 2.75) is 0 Å². The monoisotopic (exact) mass is 392 g/mol. The SMILES string of the molecule is O.O.O.O=[P+]([O-])P(=O)(O)O.OOOOPOOPOO. The third kappa shape index (κ3) is 31.2. The minimum Gasteiger partial charge on any atom is -0.588 e. The van der Waals surface area contributed by atoms with E-state index < -0.39 is 33.1 Å². The molecule has 0 fully saturated rings. The molecular formula is H12O16P4. The maximum atomic E-state index is 9.43. The Balaban J connectivity index is -0.0000000681. The fourth-order valence-electron chi connectivity index (χ4n) is 0.0922. The van der Waals surface area contributed by atoms with Crippen molar-refractivity contribution in [1.29, 1.82) is 0 Å². The van der Waals surface area contributed by atoms with Crippen LogP contribution in [0.4, 0.5) is 0 Å². The largest absolute Gasteiger partial charge is 0.588 e. The summed E-state index contributed by atoms with van der Waals surface area (Å²) in [7, 11) is -9.70. The lowest BCUT2D eigenvalue weighted by atomic mass is 14.4. The van der Waals surface area contributed by atoms with Crippen molar-refractivity contribution >= 4 is 33.1 Å². The van der Waals surface area contributed by atoms with Gasteiger partial charge in [0.15, 0.2) is 0 Å². The van der Waals surface area contributed by atoms with E-state index in [0.717, 1.165) is 0 Å². The minimum atomic E-state index is -4.78. The number of rotatable bonds is 8. The van der Waals surface area contributed by atoms with Crippen LogP contribution < -0.4 is 4.89 Å². The summed E-state index contributed by atoms with van der Waals surface area (Å²) >= 11 is 0. The van der Waals surface area contributed by atoms with Gasteiger partial charge in [0.05, 0.1) is 0 Å². The van der Waals surface area contributed by atoms with Crippen molar-refractivity contribution in [1.82, 2.24) is 0 Å². The second-order valence-electron chi connectivity index (χ2n) is 1.40. The highest BCUT2D eigenvalue weighted by atomic mass is 32.1. The zero-order chi connectivity index (χ0) is 13.7. The quantitative estimate of drug-likeness (QED) is 0.144.